The average molecular weight is 240 g/mol. The van der Waals surface area contributed by atoms with Crippen molar-refractivity contribution in [2.75, 3.05) is 5.32 Å². The minimum absolute atomic E-state index is 0.706. The summed E-state index contributed by atoms with van der Waals surface area (Å²) in [7, 11) is 0. The summed E-state index contributed by atoms with van der Waals surface area (Å²) >= 11 is 0. The third kappa shape index (κ3) is 1.88. The van der Waals surface area contributed by atoms with Gasteiger partial charge in [-0.3, -0.25) is 10.1 Å². The van der Waals surface area contributed by atoms with Gasteiger partial charge in [0.05, 0.1) is 23.8 Å². The Morgan fingerprint density at radius 2 is 2.06 bits per heavy atom. The standard InChI is InChI=1S/C12H12N6/c1-7-4-13-6-11(15-7)16-9-3-10-8(2)17-18-12(10)14-5-9/h3-6H,1-2H3,(H,15,16)(H,14,17,18). The number of hydrogen-bond acceptors (Lipinski definition) is 5. The van der Waals surface area contributed by atoms with Gasteiger partial charge < -0.3 is 5.32 Å². The van der Waals surface area contributed by atoms with Crippen molar-refractivity contribution in [3.8, 4) is 0 Å². The van der Waals surface area contributed by atoms with Crippen molar-refractivity contribution in [2.45, 2.75) is 13.8 Å². The summed E-state index contributed by atoms with van der Waals surface area (Å²) in [4.78, 5) is 12.7. The minimum Gasteiger partial charge on any atom is -0.338 e. The third-order valence-corrected chi connectivity index (χ3v) is 2.63. The van der Waals surface area contributed by atoms with E-state index < -0.39 is 0 Å². The molecule has 0 unspecified atom stereocenters. The van der Waals surface area contributed by atoms with Crippen LogP contribution in [0, 0.1) is 13.8 Å². The fourth-order valence-corrected chi connectivity index (χ4v) is 1.76. The topological polar surface area (TPSA) is 79.4 Å². The molecule has 0 aliphatic carbocycles. The number of hydrogen-bond donors (Lipinski definition) is 2. The van der Waals surface area contributed by atoms with E-state index in [1.807, 2.05) is 19.9 Å². The Balaban J connectivity index is 1.97. The minimum atomic E-state index is 0.706. The number of nitrogens with zero attached hydrogens (tertiary/aromatic N) is 4. The molecule has 0 spiro atoms. The highest BCUT2D eigenvalue weighted by atomic mass is 15.1. The molecule has 3 aromatic heterocycles. The Morgan fingerprint density at radius 3 is 2.89 bits per heavy atom. The Bertz CT molecular complexity index is 703. The van der Waals surface area contributed by atoms with E-state index in [4.69, 9.17) is 0 Å². The third-order valence-electron chi connectivity index (χ3n) is 2.63. The lowest BCUT2D eigenvalue weighted by Gasteiger charge is -2.05. The van der Waals surface area contributed by atoms with Gasteiger partial charge in [0.15, 0.2) is 5.65 Å². The summed E-state index contributed by atoms with van der Waals surface area (Å²) in [6.45, 7) is 3.87. The number of pyridine rings is 1. The Hall–Kier alpha value is -2.50. The number of aromatic amines is 1. The molecular weight excluding hydrogens is 228 g/mol. The fourth-order valence-electron chi connectivity index (χ4n) is 1.76. The molecule has 0 aromatic carbocycles. The summed E-state index contributed by atoms with van der Waals surface area (Å²) in [5.41, 5.74) is 3.45. The lowest BCUT2D eigenvalue weighted by Crippen LogP contribution is -1.96. The van der Waals surface area contributed by atoms with Gasteiger partial charge in [-0.15, -0.1) is 0 Å². The quantitative estimate of drug-likeness (QED) is 0.717. The Morgan fingerprint density at radius 1 is 1.17 bits per heavy atom. The van der Waals surface area contributed by atoms with Gasteiger partial charge in [-0.2, -0.15) is 5.10 Å². The largest absolute Gasteiger partial charge is 0.338 e. The van der Waals surface area contributed by atoms with Crippen molar-refractivity contribution in [1.82, 2.24) is 25.1 Å². The van der Waals surface area contributed by atoms with Crippen molar-refractivity contribution in [3.05, 3.63) is 36.0 Å². The molecular formula is C12H12N6. The van der Waals surface area contributed by atoms with Crippen LogP contribution in [0.4, 0.5) is 11.5 Å². The molecule has 3 aromatic rings. The van der Waals surface area contributed by atoms with E-state index in [-0.39, 0.29) is 0 Å². The lowest BCUT2D eigenvalue weighted by atomic mass is 10.2. The molecule has 6 heteroatoms. The Labute approximate surface area is 104 Å². The van der Waals surface area contributed by atoms with E-state index >= 15 is 0 Å². The molecule has 0 saturated carbocycles. The zero-order valence-corrected chi connectivity index (χ0v) is 10.1. The molecule has 0 fully saturated rings. The number of H-pyrrole nitrogens is 1. The molecule has 0 radical (unpaired) electrons. The van der Waals surface area contributed by atoms with Gasteiger partial charge in [-0.25, -0.2) is 9.97 Å². The summed E-state index contributed by atoms with van der Waals surface area (Å²) in [6, 6.07) is 1.99. The van der Waals surface area contributed by atoms with Crippen LogP contribution < -0.4 is 5.32 Å². The maximum atomic E-state index is 4.33. The van der Waals surface area contributed by atoms with E-state index in [0.717, 1.165) is 22.5 Å². The van der Waals surface area contributed by atoms with Crippen LogP contribution in [0.5, 0.6) is 0 Å². The highest BCUT2D eigenvalue weighted by Crippen LogP contribution is 2.19. The highest BCUT2D eigenvalue weighted by Gasteiger charge is 2.04. The number of anilines is 2. The average Bonchev–Trinajstić information content (AvgIpc) is 2.71. The van der Waals surface area contributed by atoms with Crippen molar-refractivity contribution in [3.63, 3.8) is 0 Å². The van der Waals surface area contributed by atoms with E-state index in [0.29, 0.717) is 11.5 Å². The molecule has 0 saturated heterocycles. The van der Waals surface area contributed by atoms with Crippen LogP contribution in [0.15, 0.2) is 24.7 Å². The van der Waals surface area contributed by atoms with Crippen molar-refractivity contribution >= 4 is 22.5 Å². The molecule has 0 aliphatic rings. The van der Waals surface area contributed by atoms with E-state index in [9.17, 15) is 0 Å². The molecule has 0 bridgehead atoms. The number of aryl methyl sites for hydroxylation is 2. The summed E-state index contributed by atoms with van der Waals surface area (Å²) in [6.07, 6.45) is 5.12. The highest BCUT2D eigenvalue weighted by molar-refractivity contribution is 5.81. The molecule has 0 amide bonds. The first kappa shape index (κ1) is 10.6. The van der Waals surface area contributed by atoms with Crippen molar-refractivity contribution < 1.29 is 0 Å². The fraction of sp³-hybridized carbons (Fsp3) is 0.167. The molecule has 6 nitrogen and oxygen atoms in total. The second kappa shape index (κ2) is 4.06. The van der Waals surface area contributed by atoms with Crippen LogP contribution in [-0.2, 0) is 0 Å². The Kier molecular flexibility index (Phi) is 2.40. The predicted octanol–water partition coefficient (Wildman–Crippen LogP) is 2.11. The summed E-state index contributed by atoms with van der Waals surface area (Å²) < 4.78 is 0. The van der Waals surface area contributed by atoms with Crippen LogP contribution in [-0.4, -0.2) is 25.1 Å². The zero-order valence-electron chi connectivity index (χ0n) is 10.1. The second-order valence-electron chi connectivity index (χ2n) is 4.11. The smallest absolute Gasteiger partial charge is 0.181 e. The molecule has 18 heavy (non-hydrogen) atoms. The summed E-state index contributed by atoms with van der Waals surface area (Å²) in [5.74, 6) is 0.706. The van der Waals surface area contributed by atoms with Crippen LogP contribution >= 0.6 is 0 Å². The SMILES string of the molecule is Cc1cncc(Nc2cnc3n[nH]c(C)c3c2)n1. The first-order chi connectivity index (χ1) is 8.72. The van der Waals surface area contributed by atoms with Gasteiger partial charge in [0.2, 0.25) is 0 Å². The van der Waals surface area contributed by atoms with E-state index in [1.165, 1.54) is 0 Å². The predicted molar refractivity (Wildman–Crippen MR) is 68.7 cm³/mol. The van der Waals surface area contributed by atoms with Crippen molar-refractivity contribution in [1.29, 1.82) is 0 Å². The van der Waals surface area contributed by atoms with Crippen LogP contribution in [0.1, 0.15) is 11.4 Å². The monoisotopic (exact) mass is 240 g/mol. The van der Waals surface area contributed by atoms with Crippen molar-refractivity contribution in [2.24, 2.45) is 0 Å². The van der Waals surface area contributed by atoms with E-state index in [2.05, 4.69) is 30.5 Å². The number of fused-ring (bicyclic) bond motifs is 1. The maximum Gasteiger partial charge on any atom is 0.181 e. The molecule has 3 heterocycles. The molecule has 3 rings (SSSR count). The van der Waals surface area contributed by atoms with Crippen LogP contribution in [0.2, 0.25) is 0 Å². The first-order valence-corrected chi connectivity index (χ1v) is 5.59. The van der Waals surface area contributed by atoms with Gasteiger partial charge in [0.25, 0.3) is 0 Å². The molecule has 90 valence electrons. The number of rotatable bonds is 2. The maximum absolute atomic E-state index is 4.33. The number of aromatic nitrogens is 5. The second-order valence-corrected chi connectivity index (χ2v) is 4.11. The van der Waals surface area contributed by atoms with E-state index in [1.54, 1.807) is 18.6 Å². The van der Waals surface area contributed by atoms with Gasteiger partial charge in [0, 0.05) is 17.3 Å². The molecule has 0 aliphatic heterocycles. The first-order valence-electron chi connectivity index (χ1n) is 5.59. The van der Waals surface area contributed by atoms with Gasteiger partial charge in [-0.05, 0) is 19.9 Å². The lowest BCUT2D eigenvalue weighted by molar-refractivity contribution is 1.05. The van der Waals surface area contributed by atoms with Crippen LogP contribution in [0.3, 0.4) is 0 Å². The van der Waals surface area contributed by atoms with Crippen LogP contribution in [0.25, 0.3) is 11.0 Å². The zero-order chi connectivity index (χ0) is 12.5. The van der Waals surface area contributed by atoms with Gasteiger partial charge in [0.1, 0.15) is 5.82 Å². The molecule has 0 atom stereocenters. The molecule has 2 N–H and O–H groups in total. The van der Waals surface area contributed by atoms with Gasteiger partial charge in [-0.1, -0.05) is 0 Å². The number of nitrogens with one attached hydrogen (secondary N) is 2. The summed E-state index contributed by atoms with van der Waals surface area (Å²) in [5, 5.41) is 11.2. The van der Waals surface area contributed by atoms with Gasteiger partial charge >= 0.3 is 0 Å². The normalized spacial score (nSPS) is 10.8.